The fraction of sp³-hybridized carbons (Fsp3) is 0.500. The van der Waals surface area contributed by atoms with E-state index in [2.05, 4.69) is 0 Å². The van der Waals surface area contributed by atoms with E-state index in [0.29, 0.717) is 0 Å². The molecule has 0 amide bonds. The Morgan fingerprint density at radius 3 is 2.40 bits per heavy atom. The average Bonchev–Trinajstić information content (AvgIpc) is 2.17. The second-order valence-electron chi connectivity index (χ2n) is 3.89. The van der Waals surface area contributed by atoms with Gasteiger partial charge in [-0.1, -0.05) is 29.8 Å². The third kappa shape index (κ3) is 3.49. The van der Waals surface area contributed by atoms with Crippen LogP contribution >= 0.6 is 11.6 Å². The summed E-state index contributed by atoms with van der Waals surface area (Å²) in [4.78, 5) is 0. The van der Waals surface area contributed by atoms with Crippen molar-refractivity contribution in [2.45, 2.75) is 32.7 Å². The van der Waals surface area contributed by atoms with Gasteiger partial charge in [0.2, 0.25) is 0 Å². The monoisotopic (exact) mass is 228 g/mol. The molecule has 84 valence electrons. The highest BCUT2D eigenvalue weighted by molar-refractivity contribution is 6.31. The first-order valence-corrected chi connectivity index (χ1v) is 5.31. The van der Waals surface area contributed by atoms with Crippen LogP contribution in [0.3, 0.4) is 0 Å². The van der Waals surface area contributed by atoms with Crippen molar-refractivity contribution in [2.75, 3.05) is 7.11 Å². The minimum Gasteiger partial charge on any atom is -0.354 e. The van der Waals surface area contributed by atoms with Crippen LogP contribution in [-0.4, -0.2) is 12.9 Å². The highest BCUT2D eigenvalue weighted by Crippen LogP contribution is 2.28. The van der Waals surface area contributed by atoms with Gasteiger partial charge in [-0.25, -0.2) is 0 Å². The summed E-state index contributed by atoms with van der Waals surface area (Å²) in [6, 6.07) is 7.66. The van der Waals surface area contributed by atoms with Gasteiger partial charge in [0, 0.05) is 12.1 Å². The lowest BCUT2D eigenvalue weighted by molar-refractivity contribution is -0.221. The Kier molecular flexibility index (Phi) is 4.14. The first-order chi connectivity index (χ1) is 6.96. The molecule has 0 saturated carbocycles. The number of ether oxygens (including phenoxy) is 2. The van der Waals surface area contributed by atoms with Crippen molar-refractivity contribution in [1.82, 2.24) is 0 Å². The van der Waals surface area contributed by atoms with Gasteiger partial charge in [-0.3, -0.25) is 0 Å². The predicted octanol–water partition coefficient (Wildman–Crippen LogP) is 3.80. The van der Waals surface area contributed by atoms with Crippen LogP contribution in [0.25, 0.3) is 0 Å². The number of hydrogen-bond acceptors (Lipinski definition) is 2. The molecule has 0 aliphatic carbocycles. The van der Waals surface area contributed by atoms with Crippen LogP contribution in [0.4, 0.5) is 0 Å². The summed E-state index contributed by atoms with van der Waals surface area (Å²) in [7, 11) is 1.62. The Bertz CT molecular complexity index is 323. The topological polar surface area (TPSA) is 18.5 Å². The Hall–Kier alpha value is -0.570. The van der Waals surface area contributed by atoms with E-state index in [0.717, 1.165) is 10.6 Å². The average molecular weight is 229 g/mol. The number of methoxy groups -OCH3 is 1. The van der Waals surface area contributed by atoms with Crippen LogP contribution in [0.1, 0.15) is 32.4 Å². The normalized spacial score (nSPS) is 13.9. The summed E-state index contributed by atoms with van der Waals surface area (Å²) in [5.74, 6) is -0.599. The van der Waals surface area contributed by atoms with Crippen molar-refractivity contribution in [3.8, 4) is 0 Å². The van der Waals surface area contributed by atoms with Gasteiger partial charge in [0.05, 0.1) is 6.10 Å². The second kappa shape index (κ2) is 4.97. The van der Waals surface area contributed by atoms with Gasteiger partial charge in [0.25, 0.3) is 0 Å². The number of hydrogen-bond donors (Lipinski definition) is 0. The van der Waals surface area contributed by atoms with Gasteiger partial charge in [-0.05, 0) is 32.4 Å². The first kappa shape index (κ1) is 12.5. The lowest BCUT2D eigenvalue weighted by atomic mass is 10.1. The van der Waals surface area contributed by atoms with Gasteiger partial charge in [0.15, 0.2) is 5.79 Å². The maximum absolute atomic E-state index is 6.07. The van der Waals surface area contributed by atoms with Crippen LogP contribution in [0.2, 0.25) is 5.02 Å². The minimum absolute atomic E-state index is 0.0892. The lowest BCUT2D eigenvalue weighted by Gasteiger charge is -2.28. The van der Waals surface area contributed by atoms with Gasteiger partial charge in [-0.2, -0.15) is 0 Å². The minimum atomic E-state index is -0.599. The van der Waals surface area contributed by atoms with Gasteiger partial charge in [0.1, 0.15) is 0 Å². The van der Waals surface area contributed by atoms with Crippen molar-refractivity contribution in [1.29, 1.82) is 0 Å². The molecule has 2 nitrogen and oxygen atoms in total. The van der Waals surface area contributed by atoms with E-state index in [-0.39, 0.29) is 6.10 Å². The standard InChI is InChI=1S/C12H17ClO2/c1-9(15-12(2,3)14-4)10-7-5-6-8-11(10)13/h5-9H,1-4H3. The second-order valence-corrected chi connectivity index (χ2v) is 4.29. The molecule has 1 aromatic rings. The molecule has 0 spiro atoms. The SMILES string of the molecule is COC(C)(C)OC(C)c1ccccc1Cl. The third-order valence-corrected chi connectivity index (χ3v) is 2.64. The number of rotatable bonds is 4. The zero-order valence-corrected chi connectivity index (χ0v) is 10.3. The van der Waals surface area contributed by atoms with E-state index in [4.69, 9.17) is 21.1 Å². The van der Waals surface area contributed by atoms with E-state index in [1.54, 1.807) is 7.11 Å². The van der Waals surface area contributed by atoms with Crippen molar-refractivity contribution >= 4 is 11.6 Å². The molecule has 1 unspecified atom stereocenters. The summed E-state index contributed by atoms with van der Waals surface area (Å²) in [5.41, 5.74) is 0.976. The summed E-state index contributed by atoms with van der Waals surface area (Å²) < 4.78 is 11.0. The molecule has 0 saturated heterocycles. The summed E-state index contributed by atoms with van der Waals surface area (Å²) in [5, 5.41) is 0.719. The van der Waals surface area contributed by atoms with Crippen LogP contribution < -0.4 is 0 Å². The fourth-order valence-corrected chi connectivity index (χ4v) is 1.63. The molecule has 0 aliphatic heterocycles. The first-order valence-electron chi connectivity index (χ1n) is 4.93. The molecule has 0 aromatic heterocycles. The number of benzene rings is 1. The van der Waals surface area contributed by atoms with Crippen molar-refractivity contribution < 1.29 is 9.47 Å². The Labute approximate surface area is 96.2 Å². The van der Waals surface area contributed by atoms with Crippen LogP contribution in [0, 0.1) is 0 Å². The molecule has 15 heavy (non-hydrogen) atoms. The third-order valence-electron chi connectivity index (χ3n) is 2.30. The quantitative estimate of drug-likeness (QED) is 0.730. The molecule has 3 heteroatoms. The van der Waals surface area contributed by atoms with Gasteiger partial charge in [-0.15, -0.1) is 0 Å². The summed E-state index contributed by atoms with van der Waals surface area (Å²) in [6.07, 6.45) is -0.0892. The molecule has 0 N–H and O–H groups in total. The maximum atomic E-state index is 6.07. The number of halogens is 1. The molecule has 0 fully saturated rings. The highest BCUT2D eigenvalue weighted by Gasteiger charge is 2.22. The molecule has 1 atom stereocenters. The summed E-state index contributed by atoms with van der Waals surface area (Å²) in [6.45, 7) is 5.71. The van der Waals surface area contributed by atoms with Crippen LogP contribution in [-0.2, 0) is 9.47 Å². The zero-order valence-electron chi connectivity index (χ0n) is 9.58. The van der Waals surface area contributed by atoms with Crippen LogP contribution in [0.5, 0.6) is 0 Å². The smallest absolute Gasteiger partial charge is 0.163 e. The molecule has 0 heterocycles. The molecule has 1 rings (SSSR count). The van der Waals surface area contributed by atoms with E-state index < -0.39 is 5.79 Å². The molecule has 1 aromatic carbocycles. The highest BCUT2D eigenvalue weighted by atomic mass is 35.5. The van der Waals surface area contributed by atoms with E-state index in [1.807, 2.05) is 45.0 Å². The lowest BCUT2D eigenvalue weighted by Crippen LogP contribution is -2.28. The molecule has 0 bridgehead atoms. The van der Waals surface area contributed by atoms with E-state index in [1.165, 1.54) is 0 Å². The van der Waals surface area contributed by atoms with Crippen LogP contribution in [0.15, 0.2) is 24.3 Å². The van der Waals surface area contributed by atoms with Crippen molar-refractivity contribution in [3.63, 3.8) is 0 Å². The zero-order chi connectivity index (χ0) is 11.5. The molecular formula is C12H17ClO2. The predicted molar refractivity (Wildman–Crippen MR) is 62.0 cm³/mol. The van der Waals surface area contributed by atoms with Gasteiger partial charge < -0.3 is 9.47 Å². The Balaban J connectivity index is 2.78. The van der Waals surface area contributed by atoms with Crippen molar-refractivity contribution in [3.05, 3.63) is 34.9 Å². The summed E-state index contributed by atoms with van der Waals surface area (Å²) >= 11 is 6.07. The van der Waals surface area contributed by atoms with Crippen molar-refractivity contribution in [2.24, 2.45) is 0 Å². The van der Waals surface area contributed by atoms with E-state index in [9.17, 15) is 0 Å². The Morgan fingerprint density at radius 1 is 1.27 bits per heavy atom. The largest absolute Gasteiger partial charge is 0.354 e. The molecule has 0 aliphatic rings. The molecular weight excluding hydrogens is 212 g/mol. The molecule has 0 radical (unpaired) electrons. The van der Waals surface area contributed by atoms with E-state index >= 15 is 0 Å². The Morgan fingerprint density at radius 2 is 1.87 bits per heavy atom. The fourth-order valence-electron chi connectivity index (χ4n) is 1.34. The maximum Gasteiger partial charge on any atom is 0.163 e. The van der Waals surface area contributed by atoms with Gasteiger partial charge >= 0.3 is 0 Å².